The number of hydrogen-bond donors (Lipinski definition) is 1. The van der Waals surface area contributed by atoms with Gasteiger partial charge in [-0.2, -0.15) is 0 Å². The van der Waals surface area contributed by atoms with Gasteiger partial charge in [-0.1, -0.05) is 60.1 Å². The zero-order valence-electron chi connectivity index (χ0n) is 22.2. The Morgan fingerprint density at radius 1 is 0.939 bits per heavy atom. The highest BCUT2D eigenvalue weighted by atomic mass is 16.4. The standard InChI is InChI=1S/C30H48O3/c1-18-10-15-30(25(32)33)17-16-28(6)20(24(30)19(18)2)8-9-22-27(5)13-12-23(31)26(3,4)21(27)11-14-29(22,28)7/h8,18-19,21-24,31H,9-17H2,1-7H3,(H,32,33)/p-1/t18-,19+,21+,22-,23+,24-,27+,28-,29-,30+/m1/s1. The maximum absolute atomic E-state index is 12.7. The van der Waals surface area contributed by atoms with Crippen molar-refractivity contribution in [3.63, 3.8) is 0 Å². The first kappa shape index (κ1) is 23.9. The van der Waals surface area contributed by atoms with Crippen LogP contribution in [0.5, 0.6) is 0 Å². The minimum absolute atomic E-state index is 0.0385. The van der Waals surface area contributed by atoms with Crippen LogP contribution < -0.4 is 5.11 Å². The molecule has 0 radical (unpaired) electrons. The van der Waals surface area contributed by atoms with Crippen LogP contribution in [0.15, 0.2) is 11.6 Å². The van der Waals surface area contributed by atoms with Crippen LogP contribution in [-0.4, -0.2) is 17.2 Å². The monoisotopic (exact) mass is 455 g/mol. The summed E-state index contributed by atoms with van der Waals surface area (Å²) in [7, 11) is 0. The lowest BCUT2D eigenvalue weighted by atomic mass is 9.33. The van der Waals surface area contributed by atoms with E-state index >= 15 is 0 Å². The van der Waals surface area contributed by atoms with Gasteiger partial charge in [0.25, 0.3) is 0 Å². The van der Waals surface area contributed by atoms with Crippen molar-refractivity contribution in [3.05, 3.63) is 11.6 Å². The van der Waals surface area contributed by atoms with Crippen LogP contribution >= 0.6 is 0 Å². The van der Waals surface area contributed by atoms with Crippen LogP contribution in [0.1, 0.15) is 106 Å². The van der Waals surface area contributed by atoms with Gasteiger partial charge in [0.15, 0.2) is 0 Å². The van der Waals surface area contributed by atoms with Crippen LogP contribution in [0.2, 0.25) is 0 Å². The fraction of sp³-hybridized carbons (Fsp3) is 0.900. The van der Waals surface area contributed by atoms with E-state index in [4.69, 9.17) is 0 Å². The zero-order chi connectivity index (χ0) is 24.2. The fourth-order valence-corrected chi connectivity index (χ4v) is 10.8. The molecule has 0 spiro atoms. The van der Waals surface area contributed by atoms with E-state index in [9.17, 15) is 15.0 Å². The van der Waals surface area contributed by atoms with Crippen molar-refractivity contribution in [1.29, 1.82) is 0 Å². The van der Waals surface area contributed by atoms with Gasteiger partial charge in [-0.25, -0.2) is 0 Å². The number of fused-ring (bicyclic) bond motifs is 7. The first-order chi connectivity index (χ1) is 15.3. The quantitative estimate of drug-likeness (QED) is 0.512. The molecule has 5 aliphatic carbocycles. The van der Waals surface area contributed by atoms with Gasteiger partial charge in [0.1, 0.15) is 0 Å². The average molecular weight is 456 g/mol. The van der Waals surface area contributed by atoms with Gasteiger partial charge in [-0.15, -0.1) is 0 Å². The summed E-state index contributed by atoms with van der Waals surface area (Å²) in [6.45, 7) is 16.8. The molecule has 1 N–H and O–H groups in total. The summed E-state index contributed by atoms with van der Waals surface area (Å²) in [5.74, 6) is 1.42. The number of hydrogen-bond acceptors (Lipinski definition) is 3. The molecule has 0 bridgehead atoms. The first-order valence-electron chi connectivity index (χ1n) is 13.9. The molecule has 10 atom stereocenters. The third-order valence-electron chi connectivity index (χ3n) is 13.4. The molecule has 3 nitrogen and oxygen atoms in total. The Balaban J connectivity index is 1.61. The Bertz CT molecular complexity index is 874. The predicted octanol–water partition coefficient (Wildman–Crippen LogP) is 5.75. The lowest BCUT2D eigenvalue weighted by molar-refractivity contribution is -0.327. The molecule has 0 aliphatic heterocycles. The highest BCUT2D eigenvalue weighted by molar-refractivity contribution is 5.74. The zero-order valence-corrected chi connectivity index (χ0v) is 22.2. The van der Waals surface area contributed by atoms with E-state index in [2.05, 4.69) is 54.5 Å². The molecule has 0 aromatic carbocycles. The molecular formula is C30H47O3-. The van der Waals surface area contributed by atoms with Crippen molar-refractivity contribution in [1.82, 2.24) is 0 Å². The van der Waals surface area contributed by atoms with Crippen LogP contribution in [-0.2, 0) is 4.79 Å². The van der Waals surface area contributed by atoms with E-state index in [1.165, 1.54) is 18.4 Å². The minimum atomic E-state index is -0.792. The second-order valence-electron chi connectivity index (χ2n) is 14.5. The van der Waals surface area contributed by atoms with Crippen molar-refractivity contribution in [2.45, 2.75) is 112 Å². The number of allylic oxidation sites excluding steroid dienone is 2. The Hall–Kier alpha value is -0.830. The molecule has 0 unspecified atom stereocenters. The van der Waals surface area contributed by atoms with Gasteiger partial charge in [-0.05, 0) is 109 Å². The molecule has 5 rings (SSSR count). The molecule has 0 heterocycles. The largest absolute Gasteiger partial charge is 0.550 e. The van der Waals surface area contributed by atoms with Crippen molar-refractivity contribution in [2.24, 2.45) is 56.7 Å². The van der Waals surface area contributed by atoms with E-state index < -0.39 is 11.4 Å². The molecule has 186 valence electrons. The predicted molar refractivity (Wildman–Crippen MR) is 130 cm³/mol. The van der Waals surface area contributed by atoms with Gasteiger partial charge in [0.2, 0.25) is 0 Å². The maximum Gasteiger partial charge on any atom is 0.0594 e. The van der Waals surface area contributed by atoms with Crippen molar-refractivity contribution < 1.29 is 15.0 Å². The Morgan fingerprint density at radius 2 is 1.64 bits per heavy atom. The van der Waals surface area contributed by atoms with Crippen molar-refractivity contribution in [2.75, 3.05) is 0 Å². The number of aliphatic carboxylic acids is 1. The molecule has 0 saturated heterocycles. The number of aliphatic hydroxyl groups is 1. The summed E-state index contributed by atoms with van der Waals surface area (Å²) < 4.78 is 0. The van der Waals surface area contributed by atoms with Crippen LogP contribution in [0.25, 0.3) is 0 Å². The Labute approximate surface area is 201 Å². The van der Waals surface area contributed by atoms with Crippen molar-refractivity contribution >= 4 is 5.97 Å². The van der Waals surface area contributed by atoms with Gasteiger partial charge < -0.3 is 15.0 Å². The van der Waals surface area contributed by atoms with Gasteiger partial charge in [0, 0.05) is 11.4 Å². The number of rotatable bonds is 1. The summed E-state index contributed by atoms with van der Waals surface area (Å²) in [4.78, 5) is 12.7. The smallest absolute Gasteiger partial charge is 0.0594 e. The third-order valence-corrected chi connectivity index (χ3v) is 13.4. The van der Waals surface area contributed by atoms with Gasteiger partial charge >= 0.3 is 0 Å². The summed E-state index contributed by atoms with van der Waals surface area (Å²) in [6.07, 6.45) is 11.3. The van der Waals surface area contributed by atoms with E-state index in [0.29, 0.717) is 23.7 Å². The SMILES string of the molecule is C[C@H]1[C@H](C)CC[C@]2(C(=O)[O-])CC[C@]3(C)C(=CC[C@@H]4[C@@]5(C)CC[C@H](O)C(C)(C)[C@@H]5CC[C@]43C)[C@@H]12. The molecule has 3 heteroatoms. The number of carboxylic acids is 1. The van der Waals surface area contributed by atoms with Crippen LogP contribution in [0.3, 0.4) is 0 Å². The Morgan fingerprint density at radius 3 is 2.30 bits per heavy atom. The van der Waals surface area contributed by atoms with E-state index in [0.717, 1.165) is 44.9 Å². The van der Waals surface area contributed by atoms with Crippen LogP contribution in [0.4, 0.5) is 0 Å². The molecule has 0 aromatic rings. The summed E-state index contributed by atoms with van der Waals surface area (Å²) in [5, 5.41) is 23.6. The fourth-order valence-electron chi connectivity index (χ4n) is 10.8. The number of carbonyl (C=O) groups is 1. The first-order valence-corrected chi connectivity index (χ1v) is 13.9. The number of carbonyl (C=O) groups excluding carboxylic acids is 1. The van der Waals surface area contributed by atoms with Crippen molar-refractivity contribution in [3.8, 4) is 0 Å². The molecule has 5 aliphatic rings. The average Bonchev–Trinajstić information content (AvgIpc) is 2.74. The second kappa shape index (κ2) is 7.11. The van der Waals surface area contributed by atoms with E-state index in [1.807, 2.05) is 0 Å². The summed E-state index contributed by atoms with van der Waals surface area (Å²) >= 11 is 0. The Kier molecular flexibility index (Phi) is 5.15. The van der Waals surface area contributed by atoms with E-state index in [-0.39, 0.29) is 33.7 Å². The second-order valence-corrected chi connectivity index (χ2v) is 14.5. The number of carboxylic acid groups (broad SMARTS) is 1. The lowest BCUT2D eigenvalue weighted by Crippen LogP contribution is -2.66. The molecule has 0 amide bonds. The van der Waals surface area contributed by atoms with Crippen LogP contribution in [0, 0.1) is 56.7 Å². The molecule has 0 aromatic heterocycles. The third kappa shape index (κ3) is 2.75. The maximum atomic E-state index is 12.7. The molecule has 4 fully saturated rings. The lowest BCUT2D eigenvalue weighted by Gasteiger charge is -2.71. The van der Waals surface area contributed by atoms with Gasteiger partial charge in [-0.3, -0.25) is 0 Å². The number of aliphatic hydroxyl groups excluding tert-OH is 1. The summed E-state index contributed by atoms with van der Waals surface area (Å²) in [6, 6.07) is 0. The minimum Gasteiger partial charge on any atom is -0.550 e. The molecule has 33 heavy (non-hydrogen) atoms. The topological polar surface area (TPSA) is 60.4 Å². The highest BCUT2D eigenvalue weighted by Gasteiger charge is 2.68. The normalized spacial score (nSPS) is 55.3. The van der Waals surface area contributed by atoms with E-state index in [1.54, 1.807) is 0 Å². The molecule has 4 saturated carbocycles. The summed E-state index contributed by atoms with van der Waals surface area (Å²) in [5.41, 5.74) is 1.24. The molecular weight excluding hydrogens is 408 g/mol. The van der Waals surface area contributed by atoms with Gasteiger partial charge in [0.05, 0.1) is 6.10 Å². The highest BCUT2D eigenvalue weighted by Crippen LogP contribution is 2.75.